The Morgan fingerprint density at radius 1 is 1.23 bits per heavy atom. The second-order valence-electron chi connectivity index (χ2n) is 5.69. The van der Waals surface area contributed by atoms with Crippen LogP contribution in [0.15, 0.2) is 24.3 Å². The Bertz CT molecular complexity index is 474. The third-order valence-corrected chi connectivity index (χ3v) is 3.42. The van der Waals surface area contributed by atoms with Crippen molar-refractivity contribution in [2.45, 2.75) is 45.5 Å². The van der Waals surface area contributed by atoms with E-state index in [9.17, 15) is 4.79 Å². The van der Waals surface area contributed by atoms with Crippen molar-refractivity contribution in [2.75, 3.05) is 19.8 Å². The van der Waals surface area contributed by atoms with Gasteiger partial charge in [0.05, 0.1) is 19.8 Å². The van der Waals surface area contributed by atoms with Gasteiger partial charge in [-0.25, -0.2) is 4.79 Å². The van der Waals surface area contributed by atoms with Gasteiger partial charge in [0.15, 0.2) is 11.9 Å². The van der Waals surface area contributed by atoms with Gasteiger partial charge in [-0.3, -0.25) is 0 Å². The van der Waals surface area contributed by atoms with E-state index in [0.717, 1.165) is 12.8 Å². The fraction of sp³-hybridized carbons (Fsp3) is 0.588. The summed E-state index contributed by atoms with van der Waals surface area (Å²) in [5.74, 6) is 0.282. The van der Waals surface area contributed by atoms with Crippen LogP contribution in [-0.2, 0) is 25.4 Å². The summed E-state index contributed by atoms with van der Waals surface area (Å²) in [6, 6.07) is 7.72. The normalized spacial score (nSPS) is 15.8. The Hall–Kier alpha value is -1.59. The van der Waals surface area contributed by atoms with Gasteiger partial charge in [-0.2, -0.15) is 0 Å². The highest BCUT2D eigenvalue weighted by atomic mass is 16.7. The second-order valence-corrected chi connectivity index (χ2v) is 5.69. The largest absolute Gasteiger partial charge is 0.476 e. The lowest BCUT2D eigenvalue weighted by molar-refractivity contribution is -0.158. The molecule has 0 bridgehead atoms. The van der Waals surface area contributed by atoms with Crippen LogP contribution in [0.2, 0.25) is 0 Å². The zero-order valence-electron chi connectivity index (χ0n) is 13.5. The number of benzene rings is 1. The fourth-order valence-electron chi connectivity index (χ4n) is 2.22. The molecule has 1 saturated heterocycles. The lowest BCUT2D eigenvalue weighted by Gasteiger charge is -2.24. The number of hydrogen-bond acceptors (Lipinski definition) is 5. The molecule has 2 rings (SSSR count). The number of rotatable bonds is 7. The van der Waals surface area contributed by atoms with E-state index in [1.54, 1.807) is 20.8 Å². The Kier molecular flexibility index (Phi) is 5.80. The zero-order chi connectivity index (χ0) is 16.0. The summed E-state index contributed by atoms with van der Waals surface area (Å²) < 4.78 is 21.6. The van der Waals surface area contributed by atoms with Crippen molar-refractivity contribution in [3.63, 3.8) is 0 Å². The Morgan fingerprint density at radius 2 is 1.86 bits per heavy atom. The third kappa shape index (κ3) is 4.71. The van der Waals surface area contributed by atoms with Crippen LogP contribution in [-0.4, -0.2) is 37.7 Å². The quantitative estimate of drug-likeness (QED) is 0.725. The van der Waals surface area contributed by atoms with E-state index in [0.29, 0.717) is 25.6 Å². The number of aryl methyl sites for hydroxylation is 1. The molecule has 1 aromatic carbocycles. The number of hydrogen-bond donors (Lipinski definition) is 0. The van der Waals surface area contributed by atoms with Crippen LogP contribution < -0.4 is 4.74 Å². The van der Waals surface area contributed by atoms with Crippen LogP contribution in [0.3, 0.4) is 0 Å². The van der Waals surface area contributed by atoms with Gasteiger partial charge in [-0.05, 0) is 44.9 Å². The Labute approximate surface area is 131 Å². The van der Waals surface area contributed by atoms with Crippen LogP contribution in [0.4, 0.5) is 0 Å². The van der Waals surface area contributed by atoms with Crippen LogP contribution in [0.5, 0.6) is 5.75 Å². The van der Waals surface area contributed by atoms with Gasteiger partial charge in [0.2, 0.25) is 0 Å². The third-order valence-electron chi connectivity index (χ3n) is 3.42. The molecule has 1 aliphatic rings. The monoisotopic (exact) mass is 308 g/mol. The van der Waals surface area contributed by atoms with E-state index in [1.165, 1.54) is 5.56 Å². The van der Waals surface area contributed by atoms with E-state index < -0.39 is 5.60 Å². The van der Waals surface area contributed by atoms with Crippen molar-refractivity contribution in [2.24, 2.45) is 0 Å². The first kappa shape index (κ1) is 16.8. The van der Waals surface area contributed by atoms with Gasteiger partial charge >= 0.3 is 5.97 Å². The summed E-state index contributed by atoms with van der Waals surface area (Å²) in [5.41, 5.74) is 0.184. The number of ether oxygens (including phenoxy) is 4. The molecule has 0 amide bonds. The molecule has 1 fully saturated rings. The summed E-state index contributed by atoms with van der Waals surface area (Å²) in [7, 11) is 0. The maximum atomic E-state index is 11.8. The molecule has 22 heavy (non-hydrogen) atoms. The van der Waals surface area contributed by atoms with Crippen molar-refractivity contribution in [1.82, 2.24) is 0 Å². The smallest absolute Gasteiger partial charge is 0.349 e. The Balaban J connectivity index is 1.86. The first-order valence-corrected chi connectivity index (χ1v) is 7.69. The summed E-state index contributed by atoms with van der Waals surface area (Å²) in [4.78, 5) is 11.8. The predicted octanol–water partition coefficient (Wildman–Crippen LogP) is 2.71. The molecule has 0 spiro atoms. The molecule has 122 valence electrons. The standard InChI is InChI=1S/C17H24O5/c1-4-19-16(18)17(2,3)22-14-8-5-13(6-9-14)7-10-15-20-11-12-21-15/h5-6,8-9,15H,4,7,10-12H2,1-3H3. The molecular formula is C17H24O5. The molecule has 5 heteroatoms. The van der Waals surface area contributed by atoms with Gasteiger partial charge < -0.3 is 18.9 Å². The minimum Gasteiger partial charge on any atom is -0.476 e. The number of carbonyl (C=O) groups is 1. The molecule has 0 atom stereocenters. The highest BCUT2D eigenvalue weighted by molar-refractivity contribution is 5.79. The molecule has 0 saturated carbocycles. The van der Waals surface area contributed by atoms with Gasteiger partial charge in [0, 0.05) is 6.42 Å². The van der Waals surface area contributed by atoms with Crippen LogP contribution >= 0.6 is 0 Å². The van der Waals surface area contributed by atoms with Crippen molar-refractivity contribution in [3.8, 4) is 5.75 Å². The molecule has 0 aliphatic carbocycles. The van der Waals surface area contributed by atoms with E-state index in [1.807, 2.05) is 24.3 Å². The van der Waals surface area contributed by atoms with Gasteiger partial charge in [-0.15, -0.1) is 0 Å². The average molecular weight is 308 g/mol. The minimum absolute atomic E-state index is 0.0846. The van der Waals surface area contributed by atoms with Gasteiger partial charge in [-0.1, -0.05) is 12.1 Å². The highest BCUT2D eigenvalue weighted by Gasteiger charge is 2.31. The highest BCUT2D eigenvalue weighted by Crippen LogP contribution is 2.21. The molecule has 0 radical (unpaired) electrons. The van der Waals surface area contributed by atoms with Crippen molar-refractivity contribution >= 4 is 5.97 Å². The topological polar surface area (TPSA) is 54.0 Å². The van der Waals surface area contributed by atoms with Gasteiger partial charge in [0.25, 0.3) is 0 Å². The summed E-state index contributed by atoms with van der Waals surface area (Å²) in [6.07, 6.45) is 1.64. The number of carbonyl (C=O) groups excluding carboxylic acids is 1. The lowest BCUT2D eigenvalue weighted by atomic mass is 10.1. The maximum Gasteiger partial charge on any atom is 0.349 e. The summed E-state index contributed by atoms with van der Waals surface area (Å²) in [5, 5.41) is 0. The van der Waals surface area contributed by atoms with E-state index in [2.05, 4.69) is 0 Å². The molecule has 5 nitrogen and oxygen atoms in total. The molecule has 0 aromatic heterocycles. The predicted molar refractivity (Wildman–Crippen MR) is 81.8 cm³/mol. The van der Waals surface area contributed by atoms with Crippen LogP contribution in [0, 0.1) is 0 Å². The van der Waals surface area contributed by atoms with Crippen molar-refractivity contribution in [3.05, 3.63) is 29.8 Å². The fourth-order valence-corrected chi connectivity index (χ4v) is 2.22. The molecule has 1 aromatic rings. The van der Waals surface area contributed by atoms with Crippen molar-refractivity contribution in [1.29, 1.82) is 0 Å². The van der Waals surface area contributed by atoms with Crippen LogP contribution in [0.1, 0.15) is 32.8 Å². The first-order chi connectivity index (χ1) is 10.5. The summed E-state index contributed by atoms with van der Waals surface area (Å²) in [6.45, 7) is 6.89. The van der Waals surface area contributed by atoms with E-state index in [4.69, 9.17) is 18.9 Å². The Morgan fingerprint density at radius 3 is 2.45 bits per heavy atom. The van der Waals surface area contributed by atoms with Gasteiger partial charge in [0.1, 0.15) is 5.75 Å². The van der Waals surface area contributed by atoms with E-state index >= 15 is 0 Å². The van der Waals surface area contributed by atoms with Crippen molar-refractivity contribution < 1.29 is 23.7 Å². The molecule has 0 unspecified atom stereocenters. The first-order valence-electron chi connectivity index (χ1n) is 7.69. The molecule has 1 heterocycles. The maximum absolute atomic E-state index is 11.8. The second kappa shape index (κ2) is 7.61. The number of esters is 1. The zero-order valence-corrected chi connectivity index (χ0v) is 13.5. The minimum atomic E-state index is -0.997. The average Bonchev–Trinajstić information content (AvgIpc) is 3.00. The molecule has 0 N–H and O–H groups in total. The lowest BCUT2D eigenvalue weighted by Crippen LogP contribution is -2.39. The SMILES string of the molecule is CCOC(=O)C(C)(C)Oc1ccc(CCC2OCCO2)cc1. The molecule has 1 aliphatic heterocycles. The molecular weight excluding hydrogens is 284 g/mol. The van der Waals surface area contributed by atoms with E-state index in [-0.39, 0.29) is 12.3 Å². The van der Waals surface area contributed by atoms with Crippen LogP contribution in [0.25, 0.3) is 0 Å². The summed E-state index contributed by atoms with van der Waals surface area (Å²) >= 11 is 0.